The molecule has 1 saturated heterocycles. The lowest BCUT2D eigenvalue weighted by Gasteiger charge is -2.26. The highest BCUT2D eigenvalue weighted by atomic mass is 32.2. The molecule has 5 nitrogen and oxygen atoms in total. The van der Waals surface area contributed by atoms with E-state index in [0.29, 0.717) is 30.9 Å². The Balaban J connectivity index is 1.40. The number of Topliss-reactive ketones (excluding diaryl/α,β-unsaturated/α-hetero) is 1. The minimum Gasteiger partial charge on any atom is -0.489 e. The second-order valence-electron chi connectivity index (χ2n) is 9.33. The van der Waals surface area contributed by atoms with E-state index in [1.165, 1.54) is 17.1 Å². The van der Waals surface area contributed by atoms with Crippen molar-refractivity contribution in [3.05, 3.63) is 76.9 Å². The first-order valence-electron chi connectivity index (χ1n) is 12.0. The van der Waals surface area contributed by atoms with Crippen molar-refractivity contribution >= 4 is 23.5 Å². The Labute approximate surface area is 207 Å². The van der Waals surface area contributed by atoms with Crippen LogP contribution in [-0.4, -0.2) is 52.1 Å². The molecule has 6 heteroatoms. The zero-order valence-electron chi connectivity index (χ0n) is 20.2. The maximum atomic E-state index is 13.1. The minimum absolute atomic E-state index is 0.00766. The summed E-state index contributed by atoms with van der Waals surface area (Å²) in [6, 6.07) is 13.8. The number of ether oxygens (including phenoxy) is 1. The molecule has 2 aliphatic rings. The van der Waals surface area contributed by atoms with Crippen LogP contribution in [-0.2, 0) is 24.5 Å². The van der Waals surface area contributed by atoms with Crippen molar-refractivity contribution in [1.29, 1.82) is 0 Å². The lowest BCUT2D eigenvalue weighted by atomic mass is 10.0. The number of hydrogen-bond acceptors (Lipinski definition) is 5. The van der Waals surface area contributed by atoms with Crippen molar-refractivity contribution < 1.29 is 14.3 Å². The Morgan fingerprint density at radius 3 is 2.47 bits per heavy atom. The topological polar surface area (TPSA) is 49.9 Å². The fourth-order valence-corrected chi connectivity index (χ4v) is 5.57. The van der Waals surface area contributed by atoms with Gasteiger partial charge in [0.05, 0.1) is 12.6 Å². The monoisotopic (exact) mass is 478 g/mol. The van der Waals surface area contributed by atoms with Gasteiger partial charge in [-0.2, -0.15) is 11.8 Å². The molecule has 0 spiro atoms. The second-order valence-corrected chi connectivity index (χ2v) is 10.6. The number of carbonyl (C=O) groups is 2. The first-order valence-corrected chi connectivity index (χ1v) is 13.2. The van der Waals surface area contributed by atoms with Crippen molar-refractivity contribution in [2.45, 2.75) is 52.4 Å². The maximum absolute atomic E-state index is 13.1. The molecule has 0 N–H and O–H groups in total. The lowest BCUT2D eigenvalue weighted by molar-refractivity contribution is -0.121. The second kappa shape index (κ2) is 11.2. The highest BCUT2D eigenvalue weighted by molar-refractivity contribution is 7.99. The molecule has 0 aliphatic carbocycles. The van der Waals surface area contributed by atoms with Crippen molar-refractivity contribution in [3.8, 4) is 5.75 Å². The Morgan fingerprint density at radius 1 is 1.09 bits per heavy atom. The summed E-state index contributed by atoms with van der Waals surface area (Å²) in [5.41, 5.74) is 4.94. The average molecular weight is 479 g/mol. The summed E-state index contributed by atoms with van der Waals surface area (Å²) in [6.07, 6.45) is 1.32. The van der Waals surface area contributed by atoms with Crippen LogP contribution in [0.5, 0.6) is 5.75 Å². The molecule has 1 unspecified atom stereocenters. The molecule has 1 amide bonds. The first kappa shape index (κ1) is 24.6. The molecule has 0 radical (unpaired) electrons. The van der Waals surface area contributed by atoms with Crippen molar-refractivity contribution in [3.63, 3.8) is 0 Å². The molecule has 180 valence electrons. The molecule has 0 bridgehead atoms. The molecule has 2 aromatic rings. The van der Waals surface area contributed by atoms with E-state index in [1.807, 2.05) is 36.9 Å². The number of nitrogens with zero attached hydrogens (tertiary/aromatic N) is 2. The van der Waals surface area contributed by atoms with E-state index in [4.69, 9.17) is 4.74 Å². The standard InChI is InChI=1S/C28H34N2O3S/c1-20(2)7-12-26(21(3)31)30-18-25-24(28(30)32)5-4-6-27(25)33-19-23-10-8-22(9-11-23)17-29-13-15-34-16-14-29/h4-6,8-11,26H,1,7,12-19H2,2-3H3. The van der Waals surface area contributed by atoms with Crippen LogP contribution in [0.4, 0.5) is 0 Å². The largest absolute Gasteiger partial charge is 0.489 e. The van der Waals surface area contributed by atoms with E-state index in [1.54, 1.807) is 11.8 Å². The van der Waals surface area contributed by atoms with Gasteiger partial charge in [0.1, 0.15) is 12.4 Å². The van der Waals surface area contributed by atoms with Crippen LogP contribution in [0.1, 0.15) is 53.7 Å². The molecule has 0 saturated carbocycles. The van der Waals surface area contributed by atoms with Gasteiger partial charge in [-0.25, -0.2) is 0 Å². The molecule has 2 aromatic carbocycles. The third-order valence-corrected chi connectivity index (χ3v) is 7.51. The number of benzene rings is 2. The predicted molar refractivity (Wildman–Crippen MR) is 138 cm³/mol. The summed E-state index contributed by atoms with van der Waals surface area (Å²) in [5, 5.41) is 0. The number of ketones is 1. The van der Waals surface area contributed by atoms with Crippen LogP contribution in [0, 0.1) is 0 Å². The van der Waals surface area contributed by atoms with Gasteiger partial charge in [0, 0.05) is 42.3 Å². The molecule has 2 heterocycles. The number of carbonyl (C=O) groups excluding carboxylic acids is 2. The molecule has 1 atom stereocenters. The van der Waals surface area contributed by atoms with Crippen molar-refractivity contribution in [2.75, 3.05) is 24.6 Å². The number of rotatable bonds is 10. The zero-order chi connectivity index (χ0) is 24.1. The summed E-state index contributed by atoms with van der Waals surface area (Å²) in [4.78, 5) is 29.6. The van der Waals surface area contributed by atoms with Crippen LogP contribution in [0.25, 0.3) is 0 Å². The summed E-state index contributed by atoms with van der Waals surface area (Å²) in [7, 11) is 0. The Kier molecular flexibility index (Phi) is 8.11. The summed E-state index contributed by atoms with van der Waals surface area (Å²) in [6.45, 7) is 11.6. The highest BCUT2D eigenvalue weighted by Gasteiger charge is 2.36. The van der Waals surface area contributed by atoms with Gasteiger partial charge in [0.25, 0.3) is 5.91 Å². The fraction of sp³-hybridized carbons (Fsp3) is 0.429. The van der Waals surface area contributed by atoms with Gasteiger partial charge in [0.2, 0.25) is 0 Å². The first-order chi connectivity index (χ1) is 16.4. The number of amides is 1. The van der Waals surface area contributed by atoms with Gasteiger partial charge in [0.15, 0.2) is 5.78 Å². The van der Waals surface area contributed by atoms with E-state index in [0.717, 1.165) is 42.8 Å². The smallest absolute Gasteiger partial charge is 0.255 e. The van der Waals surface area contributed by atoms with E-state index in [-0.39, 0.29) is 11.7 Å². The van der Waals surface area contributed by atoms with Crippen molar-refractivity contribution in [2.24, 2.45) is 0 Å². The summed E-state index contributed by atoms with van der Waals surface area (Å²) in [5.74, 6) is 3.06. The third-order valence-electron chi connectivity index (χ3n) is 6.57. The molecule has 1 fully saturated rings. The van der Waals surface area contributed by atoms with Gasteiger partial charge in [-0.3, -0.25) is 14.5 Å². The van der Waals surface area contributed by atoms with Crippen LogP contribution >= 0.6 is 11.8 Å². The van der Waals surface area contributed by atoms with E-state index in [9.17, 15) is 9.59 Å². The normalized spacial score (nSPS) is 16.9. The number of fused-ring (bicyclic) bond motifs is 1. The van der Waals surface area contributed by atoms with Gasteiger partial charge < -0.3 is 9.64 Å². The quantitative estimate of drug-likeness (QED) is 0.446. The van der Waals surface area contributed by atoms with E-state index in [2.05, 4.69) is 35.7 Å². The minimum atomic E-state index is -0.435. The Hall–Kier alpha value is -2.57. The SMILES string of the molecule is C=C(C)CCC(C(C)=O)N1Cc2c(OCc3ccc(CN4CCSCC4)cc3)cccc2C1=O. The van der Waals surface area contributed by atoms with E-state index >= 15 is 0 Å². The van der Waals surface area contributed by atoms with Crippen LogP contribution < -0.4 is 4.74 Å². The Morgan fingerprint density at radius 2 is 1.79 bits per heavy atom. The van der Waals surface area contributed by atoms with Crippen LogP contribution in [0.3, 0.4) is 0 Å². The Bertz CT molecular complexity index is 1040. The lowest BCUT2D eigenvalue weighted by Crippen LogP contribution is -2.40. The fourth-order valence-electron chi connectivity index (χ4n) is 4.59. The molecule has 2 aliphatic heterocycles. The average Bonchev–Trinajstić information content (AvgIpc) is 3.16. The number of thioether (sulfide) groups is 1. The maximum Gasteiger partial charge on any atom is 0.255 e. The van der Waals surface area contributed by atoms with Crippen LogP contribution in [0.2, 0.25) is 0 Å². The highest BCUT2D eigenvalue weighted by Crippen LogP contribution is 2.33. The van der Waals surface area contributed by atoms with Crippen LogP contribution in [0.15, 0.2) is 54.6 Å². The molecule has 4 rings (SSSR count). The molecular formula is C28H34N2O3S. The number of allylic oxidation sites excluding steroid dienone is 1. The third kappa shape index (κ3) is 5.91. The van der Waals surface area contributed by atoms with Crippen molar-refractivity contribution in [1.82, 2.24) is 9.80 Å². The summed E-state index contributed by atoms with van der Waals surface area (Å²) < 4.78 is 6.17. The molecule has 0 aromatic heterocycles. The van der Waals surface area contributed by atoms with Gasteiger partial charge in [-0.1, -0.05) is 35.9 Å². The van der Waals surface area contributed by atoms with Gasteiger partial charge in [-0.05, 0) is 49.9 Å². The number of hydrogen-bond donors (Lipinski definition) is 0. The van der Waals surface area contributed by atoms with Gasteiger partial charge >= 0.3 is 0 Å². The summed E-state index contributed by atoms with van der Waals surface area (Å²) >= 11 is 2.03. The van der Waals surface area contributed by atoms with Gasteiger partial charge in [-0.15, -0.1) is 6.58 Å². The predicted octanol–water partition coefficient (Wildman–Crippen LogP) is 5.08. The molecular weight excluding hydrogens is 444 g/mol. The van der Waals surface area contributed by atoms with E-state index < -0.39 is 6.04 Å². The molecule has 34 heavy (non-hydrogen) atoms. The zero-order valence-corrected chi connectivity index (χ0v) is 21.0.